The highest BCUT2D eigenvalue weighted by Gasteiger charge is 1.92. The molecular formula is C13H19O2. The van der Waals surface area contributed by atoms with Crippen molar-refractivity contribution < 1.29 is 9.47 Å². The summed E-state index contributed by atoms with van der Waals surface area (Å²) in [7, 11) is 0. The first-order valence-electron chi connectivity index (χ1n) is 5.54. The van der Waals surface area contributed by atoms with Gasteiger partial charge in [-0.05, 0) is 24.5 Å². The minimum absolute atomic E-state index is 0.693. The summed E-state index contributed by atoms with van der Waals surface area (Å²) in [6.45, 7) is 5.10. The van der Waals surface area contributed by atoms with Crippen molar-refractivity contribution in [1.29, 1.82) is 0 Å². The largest absolute Gasteiger partial charge is 0.379 e. The smallest absolute Gasteiger partial charge is 0.0700 e. The molecule has 0 spiro atoms. The molecule has 0 N–H and O–H groups in total. The summed E-state index contributed by atoms with van der Waals surface area (Å²) in [6, 6.07) is 11.0. The van der Waals surface area contributed by atoms with Gasteiger partial charge in [0, 0.05) is 6.61 Å². The number of hydrogen-bond donors (Lipinski definition) is 0. The molecule has 1 rings (SSSR count). The number of benzene rings is 1. The van der Waals surface area contributed by atoms with Crippen LogP contribution in [0.5, 0.6) is 0 Å². The van der Waals surface area contributed by atoms with Crippen LogP contribution in [-0.2, 0) is 15.9 Å². The molecule has 1 radical (unpaired) electrons. The zero-order chi connectivity index (χ0) is 10.8. The van der Waals surface area contributed by atoms with Crippen molar-refractivity contribution in [2.24, 2.45) is 0 Å². The van der Waals surface area contributed by atoms with Crippen molar-refractivity contribution in [3.63, 3.8) is 0 Å². The first-order valence-corrected chi connectivity index (χ1v) is 5.54. The molecule has 0 bridgehead atoms. The van der Waals surface area contributed by atoms with E-state index in [0.29, 0.717) is 13.2 Å². The molecule has 2 nitrogen and oxygen atoms in total. The second kappa shape index (κ2) is 8.45. The highest BCUT2D eigenvalue weighted by atomic mass is 16.5. The van der Waals surface area contributed by atoms with Crippen molar-refractivity contribution in [3.05, 3.63) is 35.9 Å². The van der Waals surface area contributed by atoms with E-state index in [-0.39, 0.29) is 0 Å². The average Bonchev–Trinajstić information content (AvgIpc) is 2.29. The fourth-order valence-corrected chi connectivity index (χ4v) is 1.24. The molecular weight excluding hydrogens is 188 g/mol. The van der Waals surface area contributed by atoms with Gasteiger partial charge in [0.15, 0.2) is 0 Å². The molecule has 2 heteroatoms. The Morgan fingerprint density at radius 3 is 2.33 bits per heavy atom. The fraction of sp³-hybridized carbons (Fsp3) is 0.538. The van der Waals surface area contributed by atoms with Crippen LogP contribution in [0.2, 0.25) is 0 Å². The van der Waals surface area contributed by atoms with Crippen LogP contribution in [0.1, 0.15) is 18.9 Å². The first-order chi connectivity index (χ1) is 7.43. The molecule has 0 aromatic heterocycles. The van der Waals surface area contributed by atoms with Crippen molar-refractivity contribution in [2.45, 2.75) is 19.8 Å². The molecule has 0 saturated heterocycles. The van der Waals surface area contributed by atoms with E-state index in [0.717, 1.165) is 26.1 Å². The van der Waals surface area contributed by atoms with E-state index in [1.807, 2.05) is 12.1 Å². The third kappa shape index (κ3) is 6.26. The van der Waals surface area contributed by atoms with E-state index in [1.165, 1.54) is 5.56 Å². The van der Waals surface area contributed by atoms with E-state index in [1.54, 1.807) is 0 Å². The van der Waals surface area contributed by atoms with Crippen molar-refractivity contribution in [2.75, 3.05) is 26.4 Å². The Balaban J connectivity index is 1.93. The highest BCUT2D eigenvalue weighted by molar-refractivity contribution is 5.13. The molecule has 0 amide bonds. The fourth-order valence-electron chi connectivity index (χ4n) is 1.24. The van der Waals surface area contributed by atoms with Crippen molar-refractivity contribution in [3.8, 4) is 0 Å². The Hall–Kier alpha value is -0.860. The third-order valence-electron chi connectivity index (χ3n) is 2.04. The maximum Gasteiger partial charge on any atom is 0.0700 e. The van der Waals surface area contributed by atoms with E-state index in [4.69, 9.17) is 9.47 Å². The van der Waals surface area contributed by atoms with E-state index in [9.17, 15) is 0 Å². The van der Waals surface area contributed by atoms with Gasteiger partial charge in [-0.1, -0.05) is 31.2 Å². The molecule has 0 atom stereocenters. The molecule has 0 fully saturated rings. The Labute approximate surface area is 92.2 Å². The Bertz CT molecular complexity index is 234. The van der Waals surface area contributed by atoms with Crippen LogP contribution in [0.3, 0.4) is 0 Å². The van der Waals surface area contributed by atoms with Gasteiger partial charge in [-0.25, -0.2) is 0 Å². The lowest BCUT2D eigenvalue weighted by Crippen LogP contribution is -2.07. The average molecular weight is 207 g/mol. The molecule has 0 aliphatic heterocycles. The second-order valence-electron chi connectivity index (χ2n) is 3.38. The number of ether oxygens (including phenoxy) is 2. The number of hydrogen-bond acceptors (Lipinski definition) is 2. The van der Waals surface area contributed by atoms with E-state index >= 15 is 0 Å². The summed E-state index contributed by atoms with van der Waals surface area (Å²) in [5, 5.41) is 0. The lowest BCUT2D eigenvalue weighted by molar-refractivity contribution is 0.0492. The van der Waals surface area contributed by atoms with Crippen LogP contribution < -0.4 is 0 Å². The van der Waals surface area contributed by atoms with Crippen LogP contribution in [-0.4, -0.2) is 26.4 Å². The minimum atomic E-state index is 0.693. The quantitative estimate of drug-likeness (QED) is 0.610. The van der Waals surface area contributed by atoms with Gasteiger partial charge in [-0.15, -0.1) is 0 Å². The molecule has 15 heavy (non-hydrogen) atoms. The monoisotopic (exact) mass is 207 g/mol. The van der Waals surface area contributed by atoms with Gasteiger partial charge in [-0.2, -0.15) is 0 Å². The van der Waals surface area contributed by atoms with Gasteiger partial charge in [0.1, 0.15) is 0 Å². The molecule has 0 aliphatic rings. The van der Waals surface area contributed by atoms with Crippen molar-refractivity contribution in [1.82, 2.24) is 0 Å². The summed E-state index contributed by atoms with van der Waals surface area (Å²) < 4.78 is 10.8. The predicted octanol–water partition coefficient (Wildman–Crippen LogP) is 2.47. The highest BCUT2D eigenvalue weighted by Crippen LogP contribution is 1.98. The van der Waals surface area contributed by atoms with Crippen LogP contribution in [0.15, 0.2) is 24.3 Å². The minimum Gasteiger partial charge on any atom is -0.379 e. The van der Waals surface area contributed by atoms with Gasteiger partial charge in [-0.3, -0.25) is 0 Å². The SMILES string of the molecule is CCCOCCOCCc1cc[c]cc1. The third-order valence-corrected chi connectivity index (χ3v) is 2.04. The molecule has 0 saturated carbocycles. The first kappa shape index (κ1) is 12.2. The zero-order valence-electron chi connectivity index (χ0n) is 9.37. The maximum atomic E-state index is 5.45. The summed E-state index contributed by atoms with van der Waals surface area (Å²) >= 11 is 0. The molecule has 0 heterocycles. The van der Waals surface area contributed by atoms with E-state index < -0.39 is 0 Å². The molecule has 83 valence electrons. The van der Waals surface area contributed by atoms with Gasteiger partial charge < -0.3 is 9.47 Å². The summed E-state index contributed by atoms with van der Waals surface area (Å²) in [6.07, 6.45) is 2.03. The lowest BCUT2D eigenvalue weighted by Gasteiger charge is -2.04. The van der Waals surface area contributed by atoms with Crippen LogP contribution in [0.4, 0.5) is 0 Å². The van der Waals surface area contributed by atoms with Crippen LogP contribution in [0, 0.1) is 6.07 Å². The summed E-state index contributed by atoms with van der Waals surface area (Å²) in [4.78, 5) is 0. The normalized spacial score (nSPS) is 10.5. The van der Waals surface area contributed by atoms with Gasteiger partial charge in [0.2, 0.25) is 0 Å². The Morgan fingerprint density at radius 1 is 1.00 bits per heavy atom. The van der Waals surface area contributed by atoms with Gasteiger partial charge in [0.25, 0.3) is 0 Å². The van der Waals surface area contributed by atoms with E-state index in [2.05, 4.69) is 25.1 Å². The second-order valence-corrected chi connectivity index (χ2v) is 3.38. The predicted molar refractivity (Wildman–Crippen MR) is 60.9 cm³/mol. The lowest BCUT2D eigenvalue weighted by atomic mass is 10.2. The van der Waals surface area contributed by atoms with Gasteiger partial charge in [0.05, 0.1) is 19.8 Å². The zero-order valence-corrected chi connectivity index (χ0v) is 9.37. The topological polar surface area (TPSA) is 18.5 Å². The summed E-state index contributed by atoms with van der Waals surface area (Å²) in [5.74, 6) is 0. The van der Waals surface area contributed by atoms with Crippen LogP contribution >= 0.6 is 0 Å². The molecule has 0 unspecified atom stereocenters. The summed E-state index contributed by atoms with van der Waals surface area (Å²) in [5.41, 5.74) is 1.29. The Kier molecular flexibility index (Phi) is 6.88. The van der Waals surface area contributed by atoms with Crippen LogP contribution in [0.25, 0.3) is 0 Å². The van der Waals surface area contributed by atoms with Gasteiger partial charge >= 0.3 is 0 Å². The standard InChI is InChI=1S/C13H19O2/c1-2-9-14-11-12-15-10-8-13-6-4-3-5-7-13/h4-7H,2,8-12H2,1H3. The Morgan fingerprint density at radius 2 is 1.67 bits per heavy atom. The molecule has 0 aliphatic carbocycles. The van der Waals surface area contributed by atoms with Crippen molar-refractivity contribution >= 4 is 0 Å². The number of rotatable bonds is 8. The molecule has 1 aromatic carbocycles. The molecule has 1 aromatic rings. The maximum absolute atomic E-state index is 5.45.